The number of rotatable bonds is 3. The first-order valence-electron chi connectivity index (χ1n) is 7.70. The number of piperazine rings is 1. The average Bonchev–Trinajstić information content (AvgIpc) is 3.01. The summed E-state index contributed by atoms with van der Waals surface area (Å²) in [6.45, 7) is 7.07. The first-order valence-corrected chi connectivity index (χ1v) is 9.93. The summed E-state index contributed by atoms with van der Waals surface area (Å²) in [5, 5.41) is 3.34. The van der Waals surface area contributed by atoms with Crippen LogP contribution in [0.5, 0.6) is 0 Å². The largest absolute Gasteiger partial charge is 0.314 e. The van der Waals surface area contributed by atoms with Gasteiger partial charge in [0.1, 0.15) is 0 Å². The Kier molecular flexibility index (Phi) is 6.49. The summed E-state index contributed by atoms with van der Waals surface area (Å²) in [6.07, 6.45) is 0.923. The van der Waals surface area contributed by atoms with Crippen LogP contribution >= 0.6 is 28.3 Å². The second-order valence-electron chi connectivity index (χ2n) is 5.95. The minimum absolute atomic E-state index is 0. The Balaban J connectivity index is 0.00000192. The van der Waals surface area contributed by atoms with E-state index < -0.39 is 10.0 Å². The highest BCUT2D eigenvalue weighted by Crippen LogP contribution is 2.29. The number of hydrogen-bond donors (Lipinski definition) is 1. The van der Waals surface area contributed by atoms with Gasteiger partial charge in [-0.05, 0) is 31.0 Å². The van der Waals surface area contributed by atoms with E-state index in [0.717, 1.165) is 42.6 Å². The predicted molar refractivity (Wildman–Crippen MR) is 97.7 cm³/mol. The highest BCUT2D eigenvalue weighted by atomic mass is 79.9. The minimum Gasteiger partial charge on any atom is -0.314 e. The number of benzene rings is 1. The van der Waals surface area contributed by atoms with Crippen molar-refractivity contribution >= 4 is 38.4 Å². The molecule has 5 nitrogen and oxygen atoms in total. The highest BCUT2D eigenvalue weighted by molar-refractivity contribution is 9.10. The van der Waals surface area contributed by atoms with E-state index in [1.54, 1.807) is 16.4 Å². The van der Waals surface area contributed by atoms with E-state index in [4.69, 9.17) is 0 Å². The summed E-state index contributed by atoms with van der Waals surface area (Å²) >= 11 is 3.42. The summed E-state index contributed by atoms with van der Waals surface area (Å²) in [4.78, 5) is 2.84. The van der Waals surface area contributed by atoms with Crippen molar-refractivity contribution in [1.82, 2.24) is 14.5 Å². The van der Waals surface area contributed by atoms with Crippen LogP contribution in [0, 0.1) is 6.92 Å². The molecule has 0 saturated carbocycles. The van der Waals surface area contributed by atoms with Crippen molar-refractivity contribution in [2.75, 3.05) is 39.3 Å². The van der Waals surface area contributed by atoms with Crippen LogP contribution in [-0.2, 0) is 10.0 Å². The van der Waals surface area contributed by atoms with Gasteiger partial charge >= 0.3 is 0 Å². The summed E-state index contributed by atoms with van der Waals surface area (Å²) in [6, 6.07) is 5.72. The van der Waals surface area contributed by atoms with E-state index in [1.165, 1.54) is 0 Å². The third-order valence-corrected chi connectivity index (χ3v) is 7.50. The first-order chi connectivity index (χ1) is 10.5. The van der Waals surface area contributed by atoms with E-state index in [9.17, 15) is 8.42 Å². The molecule has 0 spiro atoms. The lowest BCUT2D eigenvalue weighted by Gasteiger charge is -2.32. The van der Waals surface area contributed by atoms with Crippen molar-refractivity contribution < 1.29 is 8.42 Å². The zero-order valence-corrected chi connectivity index (χ0v) is 16.4. The van der Waals surface area contributed by atoms with Gasteiger partial charge in [0.2, 0.25) is 10.0 Å². The van der Waals surface area contributed by atoms with Crippen molar-refractivity contribution in [2.45, 2.75) is 24.3 Å². The number of hydrogen-bond acceptors (Lipinski definition) is 4. The molecular weight excluding hydrogens is 402 g/mol. The van der Waals surface area contributed by atoms with Gasteiger partial charge < -0.3 is 5.32 Å². The molecule has 2 heterocycles. The Morgan fingerprint density at radius 2 is 1.91 bits per heavy atom. The maximum atomic E-state index is 12.9. The quantitative estimate of drug-likeness (QED) is 0.804. The van der Waals surface area contributed by atoms with E-state index in [0.29, 0.717) is 24.0 Å². The fourth-order valence-electron chi connectivity index (χ4n) is 3.28. The average molecular weight is 425 g/mol. The lowest BCUT2D eigenvalue weighted by molar-refractivity contribution is 0.179. The molecule has 8 heteroatoms. The van der Waals surface area contributed by atoms with Gasteiger partial charge in [-0.15, -0.1) is 12.4 Å². The highest BCUT2D eigenvalue weighted by Gasteiger charge is 2.36. The maximum absolute atomic E-state index is 12.9. The topological polar surface area (TPSA) is 52.7 Å². The molecule has 130 valence electrons. The molecule has 2 saturated heterocycles. The van der Waals surface area contributed by atoms with Crippen LogP contribution < -0.4 is 5.32 Å². The number of sulfonamides is 1. The van der Waals surface area contributed by atoms with Crippen LogP contribution in [0.1, 0.15) is 12.0 Å². The van der Waals surface area contributed by atoms with Crippen LogP contribution in [0.25, 0.3) is 0 Å². The third kappa shape index (κ3) is 3.91. The molecule has 0 aliphatic carbocycles. The van der Waals surface area contributed by atoms with Gasteiger partial charge in [0.15, 0.2) is 0 Å². The molecule has 0 aromatic heterocycles. The normalized spacial score (nSPS) is 23.7. The molecule has 1 aromatic rings. The Morgan fingerprint density at radius 1 is 1.22 bits per heavy atom. The van der Waals surface area contributed by atoms with Crippen LogP contribution in [0.4, 0.5) is 0 Å². The van der Waals surface area contributed by atoms with Gasteiger partial charge in [0, 0.05) is 49.8 Å². The molecule has 3 rings (SSSR count). The van der Waals surface area contributed by atoms with Crippen LogP contribution in [0.2, 0.25) is 0 Å². The zero-order chi connectivity index (χ0) is 15.7. The number of nitrogens with zero attached hydrogens (tertiary/aromatic N) is 2. The van der Waals surface area contributed by atoms with Crippen molar-refractivity contribution in [3.05, 3.63) is 28.2 Å². The smallest absolute Gasteiger partial charge is 0.243 e. The van der Waals surface area contributed by atoms with Crippen LogP contribution in [0.15, 0.2) is 27.6 Å². The molecule has 2 aliphatic rings. The molecule has 1 aromatic carbocycles. The van der Waals surface area contributed by atoms with Gasteiger partial charge in [-0.3, -0.25) is 4.90 Å². The van der Waals surface area contributed by atoms with E-state index >= 15 is 0 Å². The van der Waals surface area contributed by atoms with Crippen molar-refractivity contribution in [3.63, 3.8) is 0 Å². The van der Waals surface area contributed by atoms with Crippen molar-refractivity contribution in [3.8, 4) is 0 Å². The molecule has 0 radical (unpaired) electrons. The minimum atomic E-state index is -3.40. The Hall–Kier alpha value is -0.180. The van der Waals surface area contributed by atoms with Crippen molar-refractivity contribution in [1.29, 1.82) is 0 Å². The number of nitrogens with one attached hydrogen (secondary N) is 1. The van der Waals surface area contributed by atoms with E-state index in [1.807, 2.05) is 13.0 Å². The van der Waals surface area contributed by atoms with Gasteiger partial charge in [-0.25, -0.2) is 8.42 Å². The molecule has 2 aliphatic heterocycles. The summed E-state index contributed by atoms with van der Waals surface area (Å²) in [5.41, 5.74) is 0.785. The van der Waals surface area contributed by atoms with Gasteiger partial charge in [-0.1, -0.05) is 22.0 Å². The zero-order valence-electron chi connectivity index (χ0n) is 13.2. The second kappa shape index (κ2) is 7.80. The monoisotopic (exact) mass is 423 g/mol. The molecule has 1 unspecified atom stereocenters. The maximum Gasteiger partial charge on any atom is 0.243 e. The Labute approximate surface area is 153 Å². The van der Waals surface area contributed by atoms with E-state index in [2.05, 4.69) is 26.1 Å². The molecule has 1 N–H and O–H groups in total. The molecule has 2 fully saturated rings. The van der Waals surface area contributed by atoms with E-state index in [-0.39, 0.29) is 12.4 Å². The summed E-state index contributed by atoms with van der Waals surface area (Å²) in [7, 11) is -3.40. The standard InChI is InChI=1S/C15H22BrN3O2S.ClH/c1-12-14(16)3-2-4-15(12)22(20,21)19-8-5-13(11-19)18-9-6-17-7-10-18;/h2-4,13,17H,5-11H2,1H3;1H. The summed E-state index contributed by atoms with van der Waals surface area (Å²) < 4.78 is 28.3. The fourth-order valence-corrected chi connectivity index (χ4v) is 5.52. The molecule has 1 atom stereocenters. The van der Waals surface area contributed by atoms with Gasteiger partial charge in [0.05, 0.1) is 4.90 Å². The lowest BCUT2D eigenvalue weighted by atomic mass is 10.2. The lowest BCUT2D eigenvalue weighted by Crippen LogP contribution is -2.49. The predicted octanol–water partition coefficient (Wildman–Crippen LogP) is 1.85. The molecular formula is C15H23BrClN3O2S. The molecule has 23 heavy (non-hydrogen) atoms. The van der Waals surface area contributed by atoms with Gasteiger partial charge in [0.25, 0.3) is 0 Å². The van der Waals surface area contributed by atoms with Crippen LogP contribution in [-0.4, -0.2) is 62.9 Å². The SMILES string of the molecule is Cc1c(Br)cccc1S(=O)(=O)N1CCC(N2CCNCC2)C1.Cl. The Bertz CT molecular complexity index is 650. The molecule has 0 bridgehead atoms. The molecule has 0 amide bonds. The van der Waals surface area contributed by atoms with Crippen LogP contribution in [0.3, 0.4) is 0 Å². The summed E-state index contributed by atoms with van der Waals surface area (Å²) in [5.74, 6) is 0. The third-order valence-electron chi connectivity index (χ3n) is 4.63. The van der Waals surface area contributed by atoms with Gasteiger partial charge in [-0.2, -0.15) is 4.31 Å². The first kappa shape index (κ1) is 19.1. The van der Waals surface area contributed by atoms with Crippen molar-refractivity contribution in [2.24, 2.45) is 0 Å². The fraction of sp³-hybridized carbons (Fsp3) is 0.600. The Morgan fingerprint density at radius 3 is 2.61 bits per heavy atom. The number of halogens is 2. The second-order valence-corrected chi connectivity index (χ2v) is 8.72.